The van der Waals surface area contributed by atoms with Crippen molar-refractivity contribution in [3.05, 3.63) is 22.8 Å². The Morgan fingerprint density at radius 1 is 1.03 bits per heavy atom. The summed E-state index contributed by atoms with van der Waals surface area (Å²) in [6, 6.07) is 0. The van der Waals surface area contributed by atoms with Gasteiger partial charge in [-0.15, -0.1) is 0 Å². The van der Waals surface area contributed by atoms with E-state index in [9.17, 15) is 5.11 Å². The second kappa shape index (κ2) is 7.23. The molecule has 0 saturated heterocycles. The summed E-state index contributed by atoms with van der Waals surface area (Å²) in [5.74, 6) is 6.02. The first-order valence-corrected chi connectivity index (χ1v) is 13.3. The summed E-state index contributed by atoms with van der Waals surface area (Å²) in [6.45, 7) is 15.1. The molecule has 0 aromatic carbocycles. The van der Waals surface area contributed by atoms with Gasteiger partial charge in [0.05, 0.1) is 6.10 Å². The van der Waals surface area contributed by atoms with E-state index in [0.717, 1.165) is 54.3 Å². The first kappa shape index (κ1) is 21.3. The Balaban J connectivity index is 1.34. The van der Waals surface area contributed by atoms with Gasteiger partial charge in [0.2, 0.25) is 0 Å². The van der Waals surface area contributed by atoms with Crippen LogP contribution in [0.15, 0.2) is 22.8 Å². The van der Waals surface area contributed by atoms with Crippen LogP contribution in [0.2, 0.25) is 0 Å². The van der Waals surface area contributed by atoms with Gasteiger partial charge in [0.15, 0.2) is 0 Å². The van der Waals surface area contributed by atoms with E-state index in [1.807, 2.05) is 5.57 Å². The van der Waals surface area contributed by atoms with Crippen molar-refractivity contribution >= 4 is 0 Å². The Hall–Kier alpha value is -0.560. The van der Waals surface area contributed by atoms with Crippen LogP contribution in [0.3, 0.4) is 0 Å². The quantitative estimate of drug-likeness (QED) is 0.474. The lowest BCUT2D eigenvalue weighted by molar-refractivity contribution is -0.0566. The molecule has 0 unspecified atom stereocenters. The highest BCUT2D eigenvalue weighted by atomic mass is 16.3. The number of hydrogen-bond donors (Lipinski definition) is 1. The average Bonchev–Trinajstić information content (AvgIpc) is 3.17. The van der Waals surface area contributed by atoms with Gasteiger partial charge in [0.1, 0.15) is 0 Å². The molecule has 5 rings (SSSR count). The maximum Gasteiger partial charge on any atom is 0.0577 e. The standard InChI is InChI=1S/C29H46O/c1-17(2)27-19(4)23(27)15-18(3)24-9-10-25-22-8-7-20-16-21(30)11-13-28(20,5)26(22)12-14-29(24,25)6/h7,17-19,21-22,24-26,30H,8-16H2,1-6H3/t18-,19+,21+,22+,24-,25+,26+,28+,29-/m1/s1. The zero-order valence-electron chi connectivity index (χ0n) is 20.5. The van der Waals surface area contributed by atoms with E-state index in [1.165, 1.54) is 44.9 Å². The molecule has 30 heavy (non-hydrogen) atoms. The summed E-state index contributed by atoms with van der Waals surface area (Å²) < 4.78 is 0. The average molecular weight is 411 g/mol. The third-order valence-electron chi connectivity index (χ3n) is 11.3. The SMILES string of the molecule is CC(C)C1=C(C[C@@H](C)[C@H]2CC[C@H]3[C@@H]4CC=C5C[C@@H](O)CC[C@]5(C)[C@H]4CC[C@]23C)[C@@H]1C. The highest BCUT2D eigenvalue weighted by Crippen LogP contribution is 2.67. The third-order valence-corrected chi connectivity index (χ3v) is 11.3. The smallest absolute Gasteiger partial charge is 0.0577 e. The molecule has 0 aromatic heterocycles. The van der Waals surface area contributed by atoms with Crippen LogP contribution in [0.1, 0.15) is 99.3 Å². The van der Waals surface area contributed by atoms with Crippen LogP contribution in [-0.2, 0) is 0 Å². The van der Waals surface area contributed by atoms with Crippen molar-refractivity contribution in [3.63, 3.8) is 0 Å². The molecule has 0 aromatic rings. The molecule has 1 N–H and O–H groups in total. The molecule has 5 aliphatic rings. The molecule has 0 bridgehead atoms. The van der Waals surface area contributed by atoms with Crippen LogP contribution in [0, 0.1) is 52.3 Å². The van der Waals surface area contributed by atoms with E-state index in [0.29, 0.717) is 10.8 Å². The van der Waals surface area contributed by atoms with E-state index in [2.05, 4.69) is 47.6 Å². The van der Waals surface area contributed by atoms with Gasteiger partial charge in [-0.25, -0.2) is 0 Å². The molecule has 0 aliphatic heterocycles. The van der Waals surface area contributed by atoms with Gasteiger partial charge >= 0.3 is 0 Å². The minimum Gasteiger partial charge on any atom is -0.393 e. The summed E-state index contributed by atoms with van der Waals surface area (Å²) in [5.41, 5.74) is 6.16. The topological polar surface area (TPSA) is 20.2 Å². The molecule has 1 nitrogen and oxygen atoms in total. The molecule has 168 valence electrons. The van der Waals surface area contributed by atoms with Crippen LogP contribution in [-0.4, -0.2) is 11.2 Å². The minimum absolute atomic E-state index is 0.0821. The first-order valence-electron chi connectivity index (χ1n) is 13.3. The van der Waals surface area contributed by atoms with Crippen LogP contribution in [0.25, 0.3) is 0 Å². The maximum atomic E-state index is 10.2. The lowest BCUT2D eigenvalue weighted by Crippen LogP contribution is -2.50. The molecule has 3 saturated carbocycles. The van der Waals surface area contributed by atoms with Crippen molar-refractivity contribution in [1.82, 2.24) is 0 Å². The van der Waals surface area contributed by atoms with Crippen molar-refractivity contribution in [3.8, 4) is 0 Å². The fourth-order valence-corrected chi connectivity index (χ4v) is 9.69. The highest BCUT2D eigenvalue weighted by Gasteiger charge is 2.59. The van der Waals surface area contributed by atoms with E-state index in [-0.39, 0.29) is 6.10 Å². The Morgan fingerprint density at radius 2 is 1.80 bits per heavy atom. The fraction of sp³-hybridized carbons (Fsp3) is 0.862. The monoisotopic (exact) mass is 410 g/mol. The van der Waals surface area contributed by atoms with Gasteiger partial charge in [-0.2, -0.15) is 0 Å². The van der Waals surface area contributed by atoms with Crippen molar-refractivity contribution in [2.45, 2.75) is 105 Å². The predicted octanol–water partition coefficient (Wildman–Crippen LogP) is 7.55. The normalized spacial score (nSPS) is 48.7. The van der Waals surface area contributed by atoms with Crippen LogP contribution in [0.4, 0.5) is 0 Å². The molecule has 3 fully saturated rings. The molecule has 0 heterocycles. The van der Waals surface area contributed by atoms with E-state index in [4.69, 9.17) is 0 Å². The predicted molar refractivity (Wildman–Crippen MR) is 126 cm³/mol. The molecule has 0 amide bonds. The summed E-state index contributed by atoms with van der Waals surface area (Å²) >= 11 is 0. The number of allylic oxidation sites excluding steroid dienone is 3. The molecule has 9 atom stereocenters. The van der Waals surface area contributed by atoms with Crippen LogP contribution in [0.5, 0.6) is 0 Å². The van der Waals surface area contributed by atoms with Gasteiger partial charge in [-0.05, 0) is 110 Å². The van der Waals surface area contributed by atoms with Gasteiger partial charge in [0.25, 0.3) is 0 Å². The fourth-order valence-electron chi connectivity index (χ4n) is 9.69. The molecular weight excluding hydrogens is 364 g/mol. The Kier molecular flexibility index (Phi) is 5.13. The first-order chi connectivity index (χ1) is 14.2. The van der Waals surface area contributed by atoms with Crippen molar-refractivity contribution < 1.29 is 5.11 Å². The summed E-state index contributed by atoms with van der Waals surface area (Å²) in [7, 11) is 0. The number of rotatable bonds is 4. The minimum atomic E-state index is -0.0821. The number of aliphatic hydroxyl groups excluding tert-OH is 1. The molecule has 5 aliphatic carbocycles. The maximum absolute atomic E-state index is 10.2. The summed E-state index contributed by atoms with van der Waals surface area (Å²) in [6.07, 6.45) is 14.2. The summed E-state index contributed by atoms with van der Waals surface area (Å²) in [5, 5.41) is 10.2. The van der Waals surface area contributed by atoms with Crippen LogP contribution < -0.4 is 0 Å². The van der Waals surface area contributed by atoms with Gasteiger partial charge < -0.3 is 5.11 Å². The lowest BCUT2D eigenvalue weighted by Gasteiger charge is -2.58. The number of fused-ring (bicyclic) bond motifs is 5. The number of hydrogen-bond acceptors (Lipinski definition) is 1. The highest BCUT2D eigenvalue weighted by molar-refractivity contribution is 5.41. The van der Waals surface area contributed by atoms with Gasteiger partial charge in [0, 0.05) is 0 Å². The molecular formula is C29H46O. The third kappa shape index (κ3) is 3.04. The van der Waals surface area contributed by atoms with Crippen molar-refractivity contribution in [2.75, 3.05) is 0 Å². The largest absolute Gasteiger partial charge is 0.393 e. The van der Waals surface area contributed by atoms with Gasteiger partial charge in [-0.3, -0.25) is 0 Å². The zero-order chi connectivity index (χ0) is 21.4. The Labute approximate surface area is 185 Å². The van der Waals surface area contributed by atoms with Crippen LogP contribution >= 0.6 is 0 Å². The zero-order valence-corrected chi connectivity index (χ0v) is 20.5. The molecule has 0 spiro atoms. The van der Waals surface area contributed by atoms with Crippen molar-refractivity contribution in [2.24, 2.45) is 52.3 Å². The number of aliphatic hydroxyl groups is 1. The second-order valence-electron chi connectivity index (χ2n) is 12.9. The summed E-state index contributed by atoms with van der Waals surface area (Å²) in [4.78, 5) is 0. The van der Waals surface area contributed by atoms with E-state index < -0.39 is 0 Å². The molecule has 1 heteroatoms. The van der Waals surface area contributed by atoms with Gasteiger partial charge in [-0.1, -0.05) is 64.3 Å². The van der Waals surface area contributed by atoms with Crippen molar-refractivity contribution in [1.29, 1.82) is 0 Å². The lowest BCUT2D eigenvalue weighted by atomic mass is 9.47. The van der Waals surface area contributed by atoms with E-state index >= 15 is 0 Å². The Bertz CT molecular complexity index is 758. The molecule has 0 radical (unpaired) electrons. The van der Waals surface area contributed by atoms with E-state index in [1.54, 1.807) is 11.1 Å². The Morgan fingerprint density at radius 3 is 2.50 bits per heavy atom. The second-order valence-corrected chi connectivity index (χ2v) is 12.9.